The van der Waals surface area contributed by atoms with Crippen LogP contribution in [0.15, 0.2) is 28.2 Å². The Bertz CT molecular complexity index is 395. The Morgan fingerprint density at radius 1 is 1.67 bits per heavy atom. The van der Waals surface area contributed by atoms with Gasteiger partial charge in [-0.25, -0.2) is 10.2 Å². The van der Waals surface area contributed by atoms with Gasteiger partial charge in [-0.1, -0.05) is 17.7 Å². The highest BCUT2D eigenvalue weighted by Gasteiger charge is 2.03. The predicted octanol–water partition coefficient (Wildman–Crippen LogP) is 2.06. The normalized spacial score (nSPS) is 10.5. The molecular formula is C9H10ClN3OS. The van der Waals surface area contributed by atoms with Crippen molar-refractivity contribution in [3.63, 3.8) is 0 Å². The number of carbonyl (C=O) groups excluding carboxylic acids is 1. The lowest BCUT2D eigenvalue weighted by atomic mass is 10.2. The van der Waals surface area contributed by atoms with E-state index in [4.69, 9.17) is 17.3 Å². The van der Waals surface area contributed by atoms with Crippen LogP contribution in [0.25, 0.3) is 0 Å². The van der Waals surface area contributed by atoms with E-state index in [9.17, 15) is 4.79 Å². The van der Waals surface area contributed by atoms with E-state index in [0.29, 0.717) is 5.02 Å². The highest BCUT2D eigenvalue weighted by atomic mass is 35.5. The highest BCUT2D eigenvalue weighted by molar-refractivity contribution is 7.98. The standard InChI is InChI=1S/C9H10ClN3OS/c1-15-8-4-2-3-7(10)6(8)5-12-13-9(11)14/h2-5H,1H3,(H3,11,13,14). The summed E-state index contributed by atoms with van der Waals surface area (Å²) >= 11 is 7.52. The fourth-order valence-corrected chi connectivity index (χ4v) is 1.86. The molecule has 80 valence electrons. The molecule has 0 aliphatic carbocycles. The Morgan fingerprint density at radius 2 is 2.40 bits per heavy atom. The molecule has 2 amide bonds. The highest BCUT2D eigenvalue weighted by Crippen LogP contribution is 2.25. The summed E-state index contributed by atoms with van der Waals surface area (Å²) in [7, 11) is 0. The number of nitrogens with two attached hydrogens (primary N) is 1. The molecule has 1 rings (SSSR count). The van der Waals surface area contributed by atoms with Crippen LogP contribution in [0.2, 0.25) is 5.02 Å². The number of hydrogen-bond acceptors (Lipinski definition) is 3. The Labute approximate surface area is 96.9 Å². The van der Waals surface area contributed by atoms with Gasteiger partial charge in [-0.2, -0.15) is 5.10 Å². The number of amides is 2. The van der Waals surface area contributed by atoms with Gasteiger partial charge in [0.25, 0.3) is 0 Å². The zero-order chi connectivity index (χ0) is 11.3. The van der Waals surface area contributed by atoms with Crippen LogP contribution in [-0.2, 0) is 0 Å². The van der Waals surface area contributed by atoms with Crippen LogP contribution >= 0.6 is 23.4 Å². The van der Waals surface area contributed by atoms with Crippen LogP contribution in [0.5, 0.6) is 0 Å². The number of nitrogens with one attached hydrogen (secondary N) is 1. The lowest BCUT2D eigenvalue weighted by Gasteiger charge is -2.03. The number of urea groups is 1. The van der Waals surface area contributed by atoms with Gasteiger partial charge in [-0.15, -0.1) is 11.8 Å². The Morgan fingerprint density at radius 3 is 3.00 bits per heavy atom. The van der Waals surface area contributed by atoms with Gasteiger partial charge in [0.05, 0.1) is 11.2 Å². The molecule has 1 aromatic carbocycles. The Kier molecular flexibility index (Phi) is 4.45. The quantitative estimate of drug-likeness (QED) is 0.485. The number of carbonyl (C=O) groups is 1. The van der Waals surface area contributed by atoms with Crippen molar-refractivity contribution in [3.05, 3.63) is 28.8 Å². The zero-order valence-electron chi connectivity index (χ0n) is 8.03. The minimum atomic E-state index is -0.705. The summed E-state index contributed by atoms with van der Waals surface area (Å²) in [5.41, 5.74) is 7.74. The van der Waals surface area contributed by atoms with Gasteiger partial charge >= 0.3 is 6.03 Å². The maximum atomic E-state index is 10.4. The van der Waals surface area contributed by atoms with Crippen molar-refractivity contribution in [2.24, 2.45) is 10.8 Å². The molecule has 0 saturated heterocycles. The second-order valence-corrected chi connectivity index (χ2v) is 3.85. The molecule has 0 aromatic heterocycles. The van der Waals surface area contributed by atoms with Gasteiger partial charge in [0.1, 0.15) is 0 Å². The summed E-state index contributed by atoms with van der Waals surface area (Å²) in [5.74, 6) is 0. The first kappa shape index (κ1) is 11.9. The average molecular weight is 244 g/mol. The smallest absolute Gasteiger partial charge is 0.332 e. The van der Waals surface area contributed by atoms with E-state index in [1.165, 1.54) is 6.21 Å². The predicted molar refractivity (Wildman–Crippen MR) is 63.5 cm³/mol. The molecule has 0 aliphatic heterocycles. The van der Waals surface area contributed by atoms with Gasteiger partial charge in [0, 0.05) is 10.5 Å². The molecule has 0 saturated carbocycles. The topological polar surface area (TPSA) is 67.5 Å². The summed E-state index contributed by atoms with van der Waals surface area (Å²) in [4.78, 5) is 11.4. The number of hydrogen-bond donors (Lipinski definition) is 2. The molecule has 15 heavy (non-hydrogen) atoms. The summed E-state index contributed by atoms with van der Waals surface area (Å²) in [5, 5.41) is 4.24. The minimum absolute atomic E-state index is 0.580. The van der Waals surface area contributed by atoms with Gasteiger partial charge in [-0.05, 0) is 18.4 Å². The van der Waals surface area contributed by atoms with Crippen LogP contribution in [0.3, 0.4) is 0 Å². The number of nitrogens with zero attached hydrogens (tertiary/aromatic N) is 1. The van der Waals surface area contributed by atoms with Crippen LogP contribution in [0, 0.1) is 0 Å². The molecule has 0 spiro atoms. The maximum Gasteiger partial charge on any atom is 0.332 e. The molecule has 6 heteroatoms. The third-order valence-corrected chi connectivity index (χ3v) is 2.73. The average Bonchev–Trinajstić information content (AvgIpc) is 2.20. The largest absolute Gasteiger partial charge is 0.350 e. The molecule has 4 nitrogen and oxygen atoms in total. The van der Waals surface area contributed by atoms with Crippen LogP contribution in [0.4, 0.5) is 4.79 Å². The van der Waals surface area contributed by atoms with Gasteiger partial charge in [0.15, 0.2) is 0 Å². The van der Waals surface area contributed by atoms with Crippen molar-refractivity contribution >= 4 is 35.6 Å². The molecule has 0 atom stereocenters. The van der Waals surface area contributed by atoms with Crippen LogP contribution in [-0.4, -0.2) is 18.5 Å². The summed E-state index contributed by atoms with van der Waals surface area (Å²) in [6, 6.07) is 4.83. The van der Waals surface area contributed by atoms with E-state index in [0.717, 1.165) is 10.5 Å². The number of benzene rings is 1. The number of halogens is 1. The lowest BCUT2D eigenvalue weighted by Crippen LogP contribution is -2.24. The summed E-state index contributed by atoms with van der Waals surface area (Å²) < 4.78 is 0. The van der Waals surface area contributed by atoms with E-state index in [1.807, 2.05) is 18.4 Å². The summed E-state index contributed by atoms with van der Waals surface area (Å²) in [6.45, 7) is 0. The molecule has 0 unspecified atom stereocenters. The van der Waals surface area contributed by atoms with Gasteiger partial charge < -0.3 is 5.73 Å². The molecule has 0 bridgehead atoms. The maximum absolute atomic E-state index is 10.4. The van der Waals surface area contributed by atoms with E-state index in [2.05, 4.69) is 10.5 Å². The fourth-order valence-electron chi connectivity index (χ4n) is 0.981. The van der Waals surface area contributed by atoms with Crippen molar-refractivity contribution < 1.29 is 4.79 Å². The molecule has 0 aliphatic rings. The van der Waals surface area contributed by atoms with E-state index >= 15 is 0 Å². The van der Waals surface area contributed by atoms with Crippen molar-refractivity contribution in [1.29, 1.82) is 0 Å². The van der Waals surface area contributed by atoms with E-state index in [1.54, 1.807) is 17.8 Å². The monoisotopic (exact) mass is 243 g/mol. The molecule has 3 N–H and O–H groups in total. The molecule has 0 radical (unpaired) electrons. The SMILES string of the molecule is CSc1cccc(Cl)c1C=NNC(N)=O. The zero-order valence-corrected chi connectivity index (χ0v) is 9.60. The first-order chi connectivity index (χ1) is 7.15. The van der Waals surface area contributed by atoms with Gasteiger partial charge in [-0.3, -0.25) is 0 Å². The van der Waals surface area contributed by atoms with Crippen molar-refractivity contribution in [2.75, 3.05) is 6.26 Å². The Hall–Kier alpha value is -1.20. The van der Waals surface area contributed by atoms with Crippen LogP contribution < -0.4 is 11.2 Å². The molecule has 0 fully saturated rings. The Balaban J connectivity index is 2.92. The van der Waals surface area contributed by atoms with Crippen LogP contribution in [0.1, 0.15) is 5.56 Å². The lowest BCUT2D eigenvalue weighted by molar-refractivity contribution is 0.249. The molecule has 0 heterocycles. The van der Waals surface area contributed by atoms with Crippen molar-refractivity contribution in [2.45, 2.75) is 4.90 Å². The number of primary amides is 1. The molecular weight excluding hydrogens is 234 g/mol. The third-order valence-electron chi connectivity index (χ3n) is 1.60. The second-order valence-electron chi connectivity index (χ2n) is 2.59. The first-order valence-corrected chi connectivity index (χ1v) is 5.66. The number of thioether (sulfide) groups is 1. The van der Waals surface area contributed by atoms with Crippen molar-refractivity contribution in [1.82, 2.24) is 5.43 Å². The summed E-state index contributed by atoms with van der Waals surface area (Å²) in [6.07, 6.45) is 3.41. The number of hydrazone groups is 1. The third kappa shape index (κ3) is 3.45. The van der Waals surface area contributed by atoms with E-state index < -0.39 is 6.03 Å². The van der Waals surface area contributed by atoms with Crippen molar-refractivity contribution in [3.8, 4) is 0 Å². The number of rotatable bonds is 3. The molecule has 1 aromatic rings. The van der Waals surface area contributed by atoms with E-state index in [-0.39, 0.29) is 0 Å². The second kappa shape index (κ2) is 5.63. The minimum Gasteiger partial charge on any atom is -0.350 e. The first-order valence-electron chi connectivity index (χ1n) is 4.06. The van der Waals surface area contributed by atoms with Gasteiger partial charge in [0.2, 0.25) is 0 Å². The fraction of sp³-hybridized carbons (Fsp3) is 0.111.